The molecule has 3 heterocycles. The third kappa shape index (κ3) is 7.34. The van der Waals surface area contributed by atoms with Crippen LogP contribution < -0.4 is 0 Å². The summed E-state index contributed by atoms with van der Waals surface area (Å²) in [5.74, 6) is 1.84. The summed E-state index contributed by atoms with van der Waals surface area (Å²) in [5, 5.41) is 4.86. The molecule has 14 aromatic rings. The Kier molecular flexibility index (Phi) is 10.2. The van der Waals surface area contributed by atoms with E-state index in [9.17, 15) is 0 Å². The number of rotatable bonds is 8. The highest BCUT2D eigenvalue weighted by molar-refractivity contribution is 6.13. The maximum Gasteiger partial charge on any atom is 0.164 e. The van der Waals surface area contributed by atoms with Gasteiger partial charge in [0.15, 0.2) is 17.5 Å². The largest absolute Gasteiger partial charge is 0.309 e. The topological polar surface area (TPSA) is 48.5 Å². The first-order chi connectivity index (χ1) is 37.9. The van der Waals surface area contributed by atoms with Gasteiger partial charge in [0.2, 0.25) is 0 Å². The molecule has 0 N–H and O–H groups in total. The molecule has 1 aliphatic carbocycles. The molecule has 77 heavy (non-hydrogen) atoms. The molecule has 3 aromatic heterocycles. The van der Waals surface area contributed by atoms with E-state index in [-0.39, 0.29) is 5.41 Å². The average Bonchev–Trinajstić information content (AvgIpc) is 4.10. The third-order valence-electron chi connectivity index (χ3n) is 16.0. The summed E-state index contributed by atoms with van der Waals surface area (Å²) in [4.78, 5) is 15.6. The lowest BCUT2D eigenvalue weighted by atomic mass is 9.82. The van der Waals surface area contributed by atoms with E-state index in [2.05, 4.69) is 272 Å². The molecular weight excluding hydrogens is 935 g/mol. The molecule has 0 saturated carbocycles. The Balaban J connectivity index is 0.818. The lowest BCUT2D eigenvalue weighted by Crippen LogP contribution is -2.15. The van der Waals surface area contributed by atoms with Gasteiger partial charge in [-0.15, -0.1) is 0 Å². The molecule has 0 bridgehead atoms. The van der Waals surface area contributed by atoms with Crippen LogP contribution in [0.4, 0.5) is 0 Å². The van der Waals surface area contributed by atoms with Crippen molar-refractivity contribution in [1.82, 2.24) is 24.1 Å². The summed E-state index contributed by atoms with van der Waals surface area (Å²) in [7, 11) is 0. The quantitative estimate of drug-likeness (QED) is 0.152. The maximum absolute atomic E-state index is 5.21. The molecule has 5 heteroatoms. The summed E-state index contributed by atoms with van der Waals surface area (Å²) in [6, 6.07) is 93.9. The van der Waals surface area contributed by atoms with E-state index in [0.29, 0.717) is 17.5 Å². The number of benzene rings is 11. The van der Waals surface area contributed by atoms with Crippen molar-refractivity contribution < 1.29 is 0 Å². The van der Waals surface area contributed by atoms with Crippen molar-refractivity contribution in [2.24, 2.45) is 0 Å². The van der Waals surface area contributed by atoms with Crippen LogP contribution >= 0.6 is 0 Å². The molecule has 0 aliphatic heterocycles. The predicted molar refractivity (Wildman–Crippen MR) is 319 cm³/mol. The highest BCUT2D eigenvalue weighted by Crippen LogP contribution is 2.50. The molecule has 362 valence electrons. The minimum absolute atomic E-state index is 0.0884. The van der Waals surface area contributed by atoms with Crippen LogP contribution in [0.25, 0.3) is 134 Å². The highest BCUT2D eigenvalue weighted by atomic mass is 15.0. The Bertz CT molecular complexity index is 4520. The smallest absolute Gasteiger partial charge is 0.164 e. The van der Waals surface area contributed by atoms with E-state index in [1.54, 1.807) is 0 Å². The Labute approximate surface area is 446 Å². The normalized spacial score (nSPS) is 12.6. The van der Waals surface area contributed by atoms with Crippen molar-refractivity contribution in [3.63, 3.8) is 0 Å². The molecule has 0 saturated heterocycles. The van der Waals surface area contributed by atoms with Crippen LogP contribution in [0.5, 0.6) is 0 Å². The zero-order chi connectivity index (χ0) is 51.2. The second kappa shape index (κ2) is 17.6. The van der Waals surface area contributed by atoms with Gasteiger partial charge >= 0.3 is 0 Å². The number of hydrogen-bond acceptors (Lipinski definition) is 3. The SMILES string of the molecule is CC1(C)c2ccccc2-c2ccc(-n3c4ccccc4c4cc(-c5ccc6c(c5)c5ccccc5n6-c5cccc(-c6nc(-c7ccc(-c8ccccc8)cc7)nc(-c7ccc(-c8ccccc8)cc7)n6)c5)ccc43)cc21. The van der Waals surface area contributed by atoms with E-state index >= 15 is 0 Å². The third-order valence-corrected chi connectivity index (χ3v) is 16.0. The minimum atomic E-state index is -0.0884. The van der Waals surface area contributed by atoms with Crippen molar-refractivity contribution in [1.29, 1.82) is 0 Å². The van der Waals surface area contributed by atoms with E-state index < -0.39 is 0 Å². The molecule has 0 radical (unpaired) electrons. The summed E-state index contributed by atoms with van der Waals surface area (Å²) in [6.07, 6.45) is 0. The zero-order valence-electron chi connectivity index (χ0n) is 42.6. The maximum atomic E-state index is 5.21. The summed E-state index contributed by atoms with van der Waals surface area (Å²) < 4.78 is 4.82. The summed E-state index contributed by atoms with van der Waals surface area (Å²) in [6.45, 7) is 4.71. The van der Waals surface area contributed by atoms with Gasteiger partial charge in [-0.2, -0.15) is 0 Å². The number of fused-ring (bicyclic) bond motifs is 9. The van der Waals surface area contributed by atoms with Crippen molar-refractivity contribution in [3.05, 3.63) is 272 Å². The first-order valence-electron chi connectivity index (χ1n) is 26.4. The number of para-hydroxylation sites is 2. The van der Waals surface area contributed by atoms with E-state index in [4.69, 9.17) is 15.0 Å². The van der Waals surface area contributed by atoms with Gasteiger partial charge < -0.3 is 9.13 Å². The lowest BCUT2D eigenvalue weighted by molar-refractivity contribution is 0.660. The van der Waals surface area contributed by atoms with Gasteiger partial charge in [-0.25, -0.2) is 15.0 Å². The first-order valence-corrected chi connectivity index (χ1v) is 26.4. The molecule has 0 atom stereocenters. The average molecular weight is 984 g/mol. The standard InChI is InChI=1S/C72H49N5/c1-72(2)63-25-12-9-22-57(63)58-39-38-56(45-64(58)72)77-66-27-14-11-24-60(66)62-44-53(37-41-68(62)77)52-36-40-67-61(43-52)59-23-10-13-26-65(59)76(67)55-21-15-20-54(42-55)71-74-69(50-32-28-48(29-33-50)46-16-5-3-6-17-46)73-70(75-71)51-34-30-49(31-35-51)47-18-7-4-8-19-47/h3-45H,1-2H3. The van der Waals surface area contributed by atoms with Crippen molar-refractivity contribution in [2.45, 2.75) is 19.3 Å². The fourth-order valence-electron chi connectivity index (χ4n) is 12.1. The minimum Gasteiger partial charge on any atom is -0.309 e. The number of aromatic nitrogens is 5. The predicted octanol–water partition coefficient (Wildman–Crippen LogP) is 18.4. The van der Waals surface area contributed by atoms with Crippen LogP contribution in [0.1, 0.15) is 25.0 Å². The second-order valence-electron chi connectivity index (χ2n) is 20.8. The van der Waals surface area contributed by atoms with Gasteiger partial charge in [-0.05, 0) is 116 Å². The first kappa shape index (κ1) is 44.5. The second-order valence-corrected chi connectivity index (χ2v) is 20.8. The van der Waals surface area contributed by atoms with Crippen LogP contribution in [0.15, 0.2) is 261 Å². The Morgan fingerprint density at radius 3 is 1.22 bits per heavy atom. The van der Waals surface area contributed by atoms with Crippen LogP contribution in [-0.4, -0.2) is 24.1 Å². The van der Waals surface area contributed by atoms with Gasteiger partial charge in [0.05, 0.1) is 22.1 Å². The zero-order valence-corrected chi connectivity index (χ0v) is 42.6. The highest BCUT2D eigenvalue weighted by Gasteiger charge is 2.35. The van der Waals surface area contributed by atoms with Crippen LogP contribution in [-0.2, 0) is 5.41 Å². The molecule has 1 aliphatic rings. The van der Waals surface area contributed by atoms with Crippen molar-refractivity contribution in [3.8, 4) is 90.0 Å². The van der Waals surface area contributed by atoms with Crippen molar-refractivity contribution in [2.75, 3.05) is 0 Å². The van der Waals surface area contributed by atoms with Crippen LogP contribution in [0.3, 0.4) is 0 Å². The molecule has 11 aromatic carbocycles. The molecule has 0 fully saturated rings. The van der Waals surface area contributed by atoms with Gasteiger partial charge in [0.1, 0.15) is 0 Å². The molecule has 0 amide bonds. The van der Waals surface area contributed by atoms with Gasteiger partial charge in [-0.3, -0.25) is 0 Å². The van der Waals surface area contributed by atoms with Gasteiger partial charge in [0, 0.05) is 55.0 Å². The summed E-state index contributed by atoms with van der Waals surface area (Å²) in [5.41, 5.74) is 21.9. The lowest BCUT2D eigenvalue weighted by Gasteiger charge is -2.22. The molecule has 5 nitrogen and oxygen atoms in total. The fourth-order valence-corrected chi connectivity index (χ4v) is 12.1. The summed E-state index contributed by atoms with van der Waals surface area (Å²) >= 11 is 0. The van der Waals surface area contributed by atoms with Gasteiger partial charge in [0.25, 0.3) is 0 Å². The van der Waals surface area contributed by atoms with Crippen LogP contribution in [0.2, 0.25) is 0 Å². The van der Waals surface area contributed by atoms with Crippen molar-refractivity contribution >= 4 is 43.6 Å². The Morgan fingerprint density at radius 2 is 0.662 bits per heavy atom. The van der Waals surface area contributed by atoms with Crippen LogP contribution in [0, 0.1) is 0 Å². The van der Waals surface area contributed by atoms with E-state index in [0.717, 1.165) is 55.7 Å². The monoisotopic (exact) mass is 983 g/mol. The molecule has 15 rings (SSSR count). The molecule has 0 spiro atoms. The Hall–Kier alpha value is -9.97. The fraction of sp³-hybridized carbons (Fsp3) is 0.0417. The Morgan fingerprint density at radius 1 is 0.260 bits per heavy atom. The number of hydrogen-bond donors (Lipinski definition) is 0. The number of nitrogens with zero attached hydrogens (tertiary/aromatic N) is 5. The van der Waals surface area contributed by atoms with E-state index in [1.807, 2.05) is 12.1 Å². The molecule has 0 unspecified atom stereocenters. The molecular formula is C72H49N5. The van der Waals surface area contributed by atoms with E-state index in [1.165, 1.54) is 71.6 Å². The van der Waals surface area contributed by atoms with Gasteiger partial charge in [-0.1, -0.05) is 214 Å².